The Balaban J connectivity index is 1.89. The normalized spacial score (nSPS) is 16.1. The molecule has 1 aliphatic heterocycles. The molecule has 20 heavy (non-hydrogen) atoms. The van der Waals surface area contributed by atoms with E-state index in [1.54, 1.807) is 11.9 Å². The highest BCUT2D eigenvalue weighted by Gasteiger charge is 2.17. The van der Waals surface area contributed by atoms with Crippen molar-refractivity contribution in [3.8, 4) is 0 Å². The lowest BCUT2D eigenvalue weighted by Gasteiger charge is -2.25. The fourth-order valence-corrected chi connectivity index (χ4v) is 2.50. The Morgan fingerprint density at radius 3 is 2.65 bits per heavy atom. The number of benzene rings is 1. The first-order valence-electron chi connectivity index (χ1n) is 6.99. The molecule has 0 unspecified atom stereocenters. The fraction of sp³-hybridized carbons (Fsp3) is 0.533. The number of hydrogen-bond donors (Lipinski definition) is 1. The molecule has 2 rings (SSSR count). The molecular weight excluding hydrogens is 262 g/mol. The highest BCUT2D eigenvalue weighted by Crippen LogP contribution is 2.17. The van der Waals surface area contributed by atoms with Crippen molar-refractivity contribution in [2.24, 2.45) is 5.92 Å². The maximum Gasteiger partial charge on any atom is 0.253 e. The Hall–Kier alpha value is -1.49. The Morgan fingerprint density at radius 2 is 2.00 bits per heavy atom. The quantitative estimate of drug-likeness (QED) is 0.920. The Kier molecular flexibility index (Phi) is 5.06. The van der Waals surface area contributed by atoms with Crippen molar-refractivity contribution in [3.63, 3.8) is 0 Å². The van der Waals surface area contributed by atoms with Crippen molar-refractivity contribution < 1.29 is 13.6 Å². The van der Waals surface area contributed by atoms with Gasteiger partial charge in [0, 0.05) is 19.2 Å². The molecule has 1 saturated heterocycles. The van der Waals surface area contributed by atoms with Crippen LogP contribution in [0.15, 0.2) is 18.2 Å². The standard InChI is InChI=1S/C15H20F2N2O/c1-19(9-6-11-4-7-18-8-5-11)15(20)12-2-3-13(16)14(17)10-12/h2-3,10-11,18H,4-9H2,1H3. The van der Waals surface area contributed by atoms with E-state index in [0.29, 0.717) is 12.5 Å². The molecule has 1 N–H and O–H groups in total. The molecule has 3 nitrogen and oxygen atoms in total. The molecule has 1 heterocycles. The lowest BCUT2D eigenvalue weighted by Crippen LogP contribution is -2.32. The van der Waals surface area contributed by atoms with Crippen molar-refractivity contribution in [1.29, 1.82) is 0 Å². The van der Waals surface area contributed by atoms with E-state index in [2.05, 4.69) is 5.32 Å². The first-order valence-corrected chi connectivity index (χ1v) is 6.99. The molecule has 0 bridgehead atoms. The predicted octanol–water partition coefficient (Wildman–Crippen LogP) is 2.43. The zero-order valence-corrected chi connectivity index (χ0v) is 11.7. The molecule has 0 spiro atoms. The van der Waals surface area contributed by atoms with E-state index in [0.717, 1.165) is 44.5 Å². The van der Waals surface area contributed by atoms with Gasteiger partial charge in [-0.15, -0.1) is 0 Å². The van der Waals surface area contributed by atoms with Crippen LogP contribution in [-0.4, -0.2) is 37.5 Å². The van der Waals surface area contributed by atoms with Gasteiger partial charge >= 0.3 is 0 Å². The number of nitrogens with zero attached hydrogens (tertiary/aromatic N) is 1. The monoisotopic (exact) mass is 282 g/mol. The van der Waals surface area contributed by atoms with Crippen molar-refractivity contribution in [3.05, 3.63) is 35.4 Å². The summed E-state index contributed by atoms with van der Waals surface area (Å²) in [6, 6.07) is 3.27. The summed E-state index contributed by atoms with van der Waals surface area (Å²) in [6.45, 7) is 2.71. The van der Waals surface area contributed by atoms with E-state index in [4.69, 9.17) is 0 Å². The van der Waals surface area contributed by atoms with Crippen molar-refractivity contribution in [2.45, 2.75) is 19.3 Å². The van der Waals surface area contributed by atoms with Crippen LogP contribution in [0.1, 0.15) is 29.6 Å². The van der Waals surface area contributed by atoms with Crippen LogP contribution in [-0.2, 0) is 0 Å². The smallest absolute Gasteiger partial charge is 0.253 e. The lowest BCUT2D eigenvalue weighted by molar-refractivity contribution is 0.0784. The van der Waals surface area contributed by atoms with E-state index < -0.39 is 11.6 Å². The van der Waals surface area contributed by atoms with Crippen LogP contribution in [0.25, 0.3) is 0 Å². The molecule has 1 fully saturated rings. The van der Waals surface area contributed by atoms with E-state index in [9.17, 15) is 13.6 Å². The molecular formula is C15H20F2N2O. The zero-order valence-electron chi connectivity index (χ0n) is 11.7. The maximum absolute atomic E-state index is 13.1. The van der Waals surface area contributed by atoms with Gasteiger partial charge in [0.15, 0.2) is 11.6 Å². The Bertz CT molecular complexity index is 473. The van der Waals surface area contributed by atoms with Gasteiger partial charge in [0.05, 0.1) is 0 Å². The highest BCUT2D eigenvalue weighted by molar-refractivity contribution is 5.94. The van der Waals surface area contributed by atoms with Crippen LogP contribution in [0.3, 0.4) is 0 Å². The fourth-order valence-electron chi connectivity index (χ4n) is 2.50. The predicted molar refractivity (Wildman–Crippen MR) is 73.5 cm³/mol. The minimum Gasteiger partial charge on any atom is -0.342 e. The van der Waals surface area contributed by atoms with Gasteiger partial charge in [0.25, 0.3) is 5.91 Å². The summed E-state index contributed by atoms with van der Waals surface area (Å²) in [5.74, 6) is -1.55. The first kappa shape index (κ1) is 14.9. The second-order valence-electron chi connectivity index (χ2n) is 5.34. The molecule has 0 saturated carbocycles. The summed E-state index contributed by atoms with van der Waals surface area (Å²) in [4.78, 5) is 13.7. The van der Waals surface area contributed by atoms with Crippen LogP contribution < -0.4 is 5.32 Å². The lowest BCUT2D eigenvalue weighted by atomic mass is 9.94. The molecule has 0 atom stereocenters. The van der Waals surface area contributed by atoms with Gasteiger partial charge < -0.3 is 10.2 Å². The van der Waals surface area contributed by atoms with Crippen LogP contribution in [0.2, 0.25) is 0 Å². The third kappa shape index (κ3) is 3.76. The zero-order chi connectivity index (χ0) is 14.5. The number of halogens is 2. The summed E-state index contributed by atoms with van der Waals surface area (Å²) in [5, 5.41) is 3.30. The summed E-state index contributed by atoms with van der Waals surface area (Å²) in [7, 11) is 1.70. The van der Waals surface area contributed by atoms with Crippen molar-refractivity contribution in [1.82, 2.24) is 10.2 Å². The van der Waals surface area contributed by atoms with E-state index in [1.165, 1.54) is 6.07 Å². The van der Waals surface area contributed by atoms with Crippen LogP contribution in [0, 0.1) is 17.6 Å². The highest BCUT2D eigenvalue weighted by atomic mass is 19.2. The number of amides is 1. The number of nitrogens with one attached hydrogen (secondary N) is 1. The average molecular weight is 282 g/mol. The minimum absolute atomic E-state index is 0.191. The van der Waals surface area contributed by atoms with Crippen LogP contribution in [0.5, 0.6) is 0 Å². The second-order valence-corrected chi connectivity index (χ2v) is 5.34. The minimum atomic E-state index is -0.984. The van der Waals surface area contributed by atoms with Crippen LogP contribution in [0.4, 0.5) is 8.78 Å². The second kappa shape index (κ2) is 6.79. The van der Waals surface area contributed by atoms with E-state index in [1.807, 2.05) is 0 Å². The van der Waals surface area contributed by atoms with E-state index in [-0.39, 0.29) is 11.5 Å². The Morgan fingerprint density at radius 1 is 1.30 bits per heavy atom. The van der Waals surface area contributed by atoms with Gasteiger partial charge in [0.1, 0.15) is 0 Å². The SMILES string of the molecule is CN(CCC1CCNCC1)C(=O)c1ccc(F)c(F)c1. The summed E-state index contributed by atoms with van der Waals surface area (Å²) >= 11 is 0. The van der Waals surface area contributed by atoms with Gasteiger partial charge in [-0.25, -0.2) is 8.78 Å². The van der Waals surface area contributed by atoms with Gasteiger partial charge in [-0.2, -0.15) is 0 Å². The van der Waals surface area contributed by atoms with E-state index >= 15 is 0 Å². The molecule has 5 heteroatoms. The number of carbonyl (C=O) groups is 1. The number of carbonyl (C=O) groups excluding carboxylic acids is 1. The third-order valence-corrected chi connectivity index (χ3v) is 3.84. The molecule has 1 aromatic rings. The molecule has 1 amide bonds. The largest absolute Gasteiger partial charge is 0.342 e. The molecule has 0 radical (unpaired) electrons. The molecule has 0 aliphatic carbocycles. The molecule has 0 aromatic heterocycles. The number of rotatable bonds is 4. The van der Waals surface area contributed by atoms with Gasteiger partial charge in [-0.05, 0) is 56.5 Å². The van der Waals surface area contributed by atoms with Crippen molar-refractivity contribution >= 4 is 5.91 Å². The first-order chi connectivity index (χ1) is 9.58. The number of hydrogen-bond acceptors (Lipinski definition) is 2. The number of piperidine rings is 1. The van der Waals surface area contributed by atoms with Gasteiger partial charge in [-0.3, -0.25) is 4.79 Å². The van der Waals surface area contributed by atoms with Crippen LogP contribution >= 0.6 is 0 Å². The van der Waals surface area contributed by atoms with Gasteiger partial charge in [-0.1, -0.05) is 0 Å². The summed E-state index contributed by atoms with van der Waals surface area (Å²) in [6.07, 6.45) is 3.22. The third-order valence-electron chi connectivity index (χ3n) is 3.84. The van der Waals surface area contributed by atoms with Crippen molar-refractivity contribution in [2.75, 3.05) is 26.7 Å². The van der Waals surface area contributed by atoms with Gasteiger partial charge in [0.2, 0.25) is 0 Å². The summed E-state index contributed by atoms with van der Waals surface area (Å²) in [5.41, 5.74) is 0.191. The maximum atomic E-state index is 13.1. The Labute approximate surface area is 118 Å². The summed E-state index contributed by atoms with van der Waals surface area (Å²) < 4.78 is 26.0. The molecule has 1 aromatic carbocycles. The topological polar surface area (TPSA) is 32.3 Å². The average Bonchev–Trinajstić information content (AvgIpc) is 2.48. The molecule has 1 aliphatic rings. The molecule has 110 valence electrons.